The third kappa shape index (κ3) is 4.99. The van der Waals surface area contributed by atoms with Crippen LogP contribution in [0.3, 0.4) is 0 Å². The highest BCUT2D eigenvalue weighted by Crippen LogP contribution is 2.36. The predicted octanol–water partition coefficient (Wildman–Crippen LogP) is 3.99. The number of nitrogens with zero attached hydrogens (tertiary/aromatic N) is 4. The van der Waals surface area contributed by atoms with Crippen LogP contribution in [-0.4, -0.2) is 63.1 Å². The fraction of sp³-hybridized carbons (Fsp3) is 0.280. The molecule has 0 aliphatic heterocycles. The van der Waals surface area contributed by atoms with E-state index < -0.39 is 30.1 Å². The van der Waals surface area contributed by atoms with E-state index in [4.69, 9.17) is 9.47 Å². The van der Waals surface area contributed by atoms with E-state index in [2.05, 4.69) is 10.1 Å². The Labute approximate surface area is 214 Å². The molecule has 200 valence electrons. The number of aliphatic carboxylic acids is 1. The molecule has 38 heavy (non-hydrogen) atoms. The zero-order chi connectivity index (χ0) is 27.8. The normalized spacial score (nSPS) is 12.0. The number of amides is 1. The number of carbonyl (C=O) groups is 2. The molecule has 1 amide bonds. The second-order valence-corrected chi connectivity index (χ2v) is 8.88. The lowest BCUT2D eigenvalue weighted by atomic mass is 10.1. The Balaban J connectivity index is 1.70. The first-order chi connectivity index (χ1) is 17.9. The molecular formula is C25H24F3N5O5. The lowest BCUT2D eigenvalue weighted by Gasteiger charge is -2.19. The highest BCUT2D eigenvalue weighted by Gasteiger charge is 2.31. The van der Waals surface area contributed by atoms with E-state index in [-0.39, 0.29) is 17.1 Å². The maximum Gasteiger partial charge on any atom is 0.405 e. The Hall–Kier alpha value is -4.55. The first-order valence-electron chi connectivity index (χ1n) is 11.2. The van der Waals surface area contributed by atoms with Crippen molar-refractivity contribution in [3.05, 3.63) is 54.6 Å². The summed E-state index contributed by atoms with van der Waals surface area (Å²) in [7, 11) is 2.59. The number of hydrogen-bond acceptors (Lipinski definition) is 6. The molecule has 13 heteroatoms. The number of alkyl halides is 3. The molecule has 10 nitrogen and oxygen atoms in total. The molecule has 0 aliphatic rings. The van der Waals surface area contributed by atoms with Crippen LogP contribution in [0.15, 0.2) is 49.1 Å². The Morgan fingerprint density at radius 2 is 1.68 bits per heavy atom. The monoisotopic (exact) mass is 531 g/mol. The molecule has 0 unspecified atom stereocenters. The predicted molar refractivity (Wildman–Crippen MR) is 130 cm³/mol. The number of carboxylic acids is 1. The largest absolute Gasteiger partial charge is 0.496 e. The van der Waals surface area contributed by atoms with Crippen LogP contribution < -0.4 is 14.8 Å². The zero-order valence-corrected chi connectivity index (χ0v) is 20.8. The van der Waals surface area contributed by atoms with Gasteiger partial charge in [-0.25, -0.2) is 9.78 Å². The molecule has 0 aliphatic carbocycles. The van der Waals surface area contributed by atoms with Gasteiger partial charge in [0.1, 0.15) is 29.3 Å². The van der Waals surface area contributed by atoms with Crippen LogP contribution in [0.5, 0.6) is 11.5 Å². The first kappa shape index (κ1) is 26.5. The van der Waals surface area contributed by atoms with Gasteiger partial charge in [-0.3, -0.25) is 13.9 Å². The average Bonchev–Trinajstić information content (AvgIpc) is 3.53. The third-order valence-electron chi connectivity index (χ3n) is 6.00. The Morgan fingerprint density at radius 3 is 2.26 bits per heavy atom. The number of methoxy groups -OCH3 is 2. The molecule has 2 N–H and O–H groups in total. The van der Waals surface area contributed by atoms with E-state index in [1.165, 1.54) is 31.0 Å². The number of imidazole rings is 1. The van der Waals surface area contributed by atoms with Crippen LogP contribution in [0, 0.1) is 0 Å². The van der Waals surface area contributed by atoms with E-state index in [1.54, 1.807) is 55.2 Å². The Kier molecular flexibility index (Phi) is 6.78. The van der Waals surface area contributed by atoms with Crippen LogP contribution in [0.2, 0.25) is 0 Å². The average molecular weight is 531 g/mol. The minimum absolute atomic E-state index is 0.0269. The van der Waals surface area contributed by atoms with E-state index >= 15 is 0 Å². The van der Waals surface area contributed by atoms with Crippen LogP contribution in [0.1, 0.15) is 24.2 Å². The number of carboxylic acid groups (broad SMARTS) is 1. The van der Waals surface area contributed by atoms with Gasteiger partial charge in [0.15, 0.2) is 5.54 Å². The molecular weight excluding hydrogens is 507 g/mol. The molecule has 0 spiro atoms. The maximum atomic E-state index is 12.6. The van der Waals surface area contributed by atoms with Gasteiger partial charge in [0.2, 0.25) is 0 Å². The number of pyridine rings is 1. The highest BCUT2D eigenvalue weighted by atomic mass is 19.4. The van der Waals surface area contributed by atoms with Crippen molar-refractivity contribution in [3.8, 4) is 33.9 Å². The molecule has 1 aromatic carbocycles. The number of rotatable bonds is 8. The van der Waals surface area contributed by atoms with Crippen molar-refractivity contribution in [1.29, 1.82) is 0 Å². The molecule has 0 bridgehead atoms. The summed E-state index contributed by atoms with van der Waals surface area (Å²) in [5.41, 5.74) is 1.78. The molecule has 0 atom stereocenters. The summed E-state index contributed by atoms with van der Waals surface area (Å²) in [6.45, 7) is 1.59. The Morgan fingerprint density at radius 1 is 1.03 bits per heavy atom. The summed E-state index contributed by atoms with van der Waals surface area (Å²) in [5.74, 6) is -1.95. The van der Waals surface area contributed by atoms with Gasteiger partial charge in [-0.2, -0.15) is 18.3 Å². The summed E-state index contributed by atoms with van der Waals surface area (Å²) < 4.78 is 51.6. The number of benzene rings is 1. The van der Waals surface area contributed by atoms with Gasteiger partial charge in [-0.1, -0.05) is 0 Å². The van der Waals surface area contributed by atoms with Gasteiger partial charge in [0, 0.05) is 23.5 Å². The second-order valence-electron chi connectivity index (χ2n) is 8.88. The minimum Gasteiger partial charge on any atom is -0.496 e. The van der Waals surface area contributed by atoms with Crippen molar-refractivity contribution in [2.45, 2.75) is 25.6 Å². The van der Waals surface area contributed by atoms with E-state index in [9.17, 15) is 27.9 Å². The molecule has 0 saturated heterocycles. The first-order valence-corrected chi connectivity index (χ1v) is 11.2. The lowest BCUT2D eigenvalue weighted by molar-refractivity contribution is -0.146. The summed E-state index contributed by atoms with van der Waals surface area (Å²) in [6, 6.07) is 6.63. The number of ether oxygens (including phenoxy) is 2. The summed E-state index contributed by atoms with van der Waals surface area (Å²) >= 11 is 0. The summed E-state index contributed by atoms with van der Waals surface area (Å²) in [6.07, 6.45) is 1.99. The number of fused-ring (bicyclic) bond motifs is 1. The van der Waals surface area contributed by atoms with Crippen LogP contribution in [-0.2, 0) is 10.3 Å². The number of carbonyl (C=O) groups excluding carboxylic acids is 1. The van der Waals surface area contributed by atoms with Crippen LogP contribution in [0.25, 0.3) is 28.0 Å². The van der Waals surface area contributed by atoms with Crippen molar-refractivity contribution in [1.82, 2.24) is 24.5 Å². The smallest absolute Gasteiger partial charge is 0.405 e. The van der Waals surface area contributed by atoms with Gasteiger partial charge in [0.05, 0.1) is 32.3 Å². The van der Waals surface area contributed by atoms with Crippen molar-refractivity contribution in [2.24, 2.45) is 0 Å². The highest BCUT2D eigenvalue weighted by molar-refractivity contribution is 6.00. The van der Waals surface area contributed by atoms with Gasteiger partial charge >= 0.3 is 12.1 Å². The third-order valence-corrected chi connectivity index (χ3v) is 6.00. The minimum atomic E-state index is -4.57. The van der Waals surface area contributed by atoms with Crippen molar-refractivity contribution < 1.29 is 37.3 Å². The maximum absolute atomic E-state index is 12.6. The van der Waals surface area contributed by atoms with Crippen LogP contribution >= 0.6 is 0 Å². The fourth-order valence-corrected chi connectivity index (χ4v) is 3.80. The number of hydrogen-bond donors (Lipinski definition) is 2. The molecule has 0 radical (unpaired) electrons. The number of nitrogens with one attached hydrogen (secondary N) is 1. The quantitative estimate of drug-likeness (QED) is 0.353. The molecule has 4 rings (SSSR count). The molecule has 3 heterocycles. The number of aromatic nitrogens is 4. The van der Waals surface area contributed by atoms with Gasteiger partial charge in [-0.05, 0) is 43.7 Å². The Bertz CT molecular complexity index is 1500. The van der Waals surface area contributed by atoms with E-state index in [0.717, 1.165) is 5.56 Å². The van der Waals surface area contributed by atoms with Crippen molar-refractivity contribution >= 4 is 17.5 Å². The van der Waals surface area contributed by atoms with Crippen molar-refractivity contribution in [3.63, 3.8) is 0 Å². The van der Waals surface area contributed by atoms with Gasteiger partial charge < -0.3 is 19.9 Å². The fourth-order valence-electron chi connectivity index (χ4n) is 3.80. The molecule has 0 saturated carbocycles. The zero-order valence-electron chi connectivity index (χ0n) is 20.8. The van der Waals surface area contributed by atoms with Gasteiger partial charge in [0.25, 0.3) is 5.91 Å². The summed E-state index contributed by atoms with van der Waals surface area (Å²) in [5, 5.41) is 15.5. The van der Waals surface area contributed by atoms with Crippen LogP contribution in [0.4, 0.5) is 13.2 Å². The molecule has 0 fully saturated rings. The van der Waals surface area contributed by atoms with E-state index in [0.29, 0.717) is 22.5 Å². The van der Waals surface area contributed by atoms with Crippen molar-refractivity contribution in [2.75, 3.05) is 20.8 Å². The topological polar surface area (TPSA) is 120 Å². The van der Waals surface area contributed by atoms with Gasteiger partial charge in [-0.15, -0.1) is 0 Å². The summed E-state index contributed by atoms with van der Waals surface area (Å²) in [4.78, 5) is 28.5. The van der Waals surface area contributed by atoms with E-state index in [1.807, 2.05) is 5.32 Å². The molecule has 4 aromatic rings. The number of halogens is 3. The lowest BCUT2D eigenvalue weighted by Crippen LogP contribution is -2.35. The molecule has 3 aromatic heterocycles. The SMILES string of the molecule is COc1cc(-c2cnc3cc(-c4cnn(C(C)(C)C(=O)O)c4)ccn23)cc(OC)c1C(=O)NCC(F)(F)F. The second kappa shape index (κ2) is 9.72. The standard InChI is InChI=1S/C25H24F3N5O5/c1-24(2,23(35)36)33-12-16(10-31-33)14-5-6-32-17(11-29-20(32)9-14)15-7-18(37-3)21(19(8-15)38-4)22(34)30-13-25(26,27)28/h5-12H,13H2,1-4H3,(H,30,34)(H,35,36).